The minimum absolute atomic E-state index is 0. The number of phosphoric ester groups is 1. The molecular weight excluding hydrogens is 291 g/mol. The van der Waals surface area contributed by atoms with Gasteiger partial charge in [0.05, 0.1) is 6.26 Å². The van der Waals surface area contributed by atoms with E-state index in [4.69, 9.17) is 11.6 Å². The minimum Gasteiger partial charge on any atom is -0.780 e. The Kier molecular flexibility index (Phi) is 9.90. The smallest absolute Gasteiger partial charge is 0.780 e. The molecule has 11 heavy (non-hydrogen) atoms. The van der Waals surface area contributed by atoms with Crippen molar-refractivity contribution in [3.8, 4) is 0 Å². The summed E-state index contributed by atoms with van der Waals surface area (Å²) in [6, 6.07) is 0. The molecule has 0 rings (SSSR count). The van der Waals surface area contributed by atoms with Gasteiger partial charge < -0.3 is 18.9 Å². The molecule has 0 saturated carbocycles. The van der Waals surface area contributed by atoms with Crippen LogP contribution in [0.1, 0.15) is 6.42 Å². The Hall–Kier alpha value is 0.902. The molecule has 0 aromatic carbocycles. The summed E-state index contributed by atoms with van der Waals surface area (Å²) in [6.45, 7) is 0. The molecule has 0 bridgehead atoms. The van der Waals surface area contributed by atoms with Gasteiger partial charge in [0.1, 0.15) is 7.82 Å². The normalized spacial score (nSPS) is 11.2. The van der Waals surface area contributed by atoms with Crippen molar-refractivity contribution in [2.45, 2.75) is 6.42 Å². The average Bonchev–Trinajstić information content (AvgIpc) is 1.78. The van der Waals surface area contributed by atoms with Crippen LogP contribution in [0.25, 0.3) is 0 Å². The average molecular weight is 297 g/mol. The molecule has 0 aromatic heterocycles. The van der Waals surface area contributed by atoms with Crippen molar-refractivity contribution in [3.63, 3.8) is 0 Å². The SMILES string of the molecule is O=P([O-])([O-])OC=CCCCl.[Cd+2]. The number of alkyl halides is 1. The summed E-state index contributed by atoms with van der Waals surface area (Å²) in [4.78, 5) is 19.5. The predicted octanol–water partition coefficient (Wildman–Crippen LogP) is -0.0282. The number of rotatable bonds is 4. The fourth-order valence-electron chi connectivity index (χ4n) is 0.249. The molecule has 0 aliphatic rings. The molecule has 0 atom stereocenters. The van der Waals surface area contributed by atoms with Crippen LogP contribution in [-0.4, -0.2) is 5.88 Å². The Morgan fingerprint density at radius 2 is 2.09 bits per heavy atom. The number of hydrogen-bond donors (Lipinski definition) is 0. The van der Waals surface area contributed by atoms with Gasteiger partial charge in [-0.05, 0) is 12.5 Å². The number of allylic oxidation sites excluding steroid dienone is 1. The molecule has 0 amide bonds. The molecule has 0 unspecified atom stereocenters. The third kappa shape index (κ3) is 13.8. The van der Waals surface area contributed by atoms with E-state index >= 15 is 0 Å². The monoisotopic (exact) mass is 298 g/mol. The maximum absolute atomic E-state index is 9.76. The number of halogens is 1. The zero-order chi connectivity index (χ0) is 8.04. The third-order valence-corrected chi connectivity index (χ3v) is 1.16. The van der Waals surface area contributed by atoms with E-state index in [1.54, 1.807) is 0 Å². The van der Waals surface area contributed by atoms with Gasteiger partial charge in [-0.2, -0.15) is 0 Å². The van der Waals surface area contributed by atoms with Gasteiger partial charge in [-0.1, -0.05) is 0 Å². The quantitative estimate of drug-likeness (QED) is 0.316. The molecule has 0 N–H and O–H groups in total. The molecule has 0 aliphatic heterocycles. The molecule has 0 fully saturated rings. The standard InChI is InChI=1S/C4H8ClO4P.Cd/c5-3-1-2-4-9-10(6,7)8;/h2,4H,1,3H2,(H2,6,7,8);/q;+2/p-2. The first-order chi connectivity index (χ1) is 4.56. The van der Waals surface area contributed by atoms with Gasteiger partial charge in [0.2, 0.25) is 0 Å². The molecule has 0 spiro atoms. The zero-order valence-corrected chi connectivity index (χ0v) is 11.4. The van der Waals surface area contributed by atoms with E-state index in [1.807, 2.05) is 0 Å². The van der Waals surface area contributed by atoms with Gasteiger partial charge in [0.25, 0.3) is 0 Å². The van der Waals surface area contributed by atoms with Crippen LogP contribution in [0.5, 0.6) is 0 Å². The van der Waals surface area contributed by atoms with Crippen LogP contribution >= 0.6 is 19.4 Å². The van der Waals surface area contributed by atoms with Crippen LogP contribution in [0, 0.1) is 0 Å². The summed E-state index contributed by atoms with van der Waals surface area (Å²) < 4.78 is 13.5. The van der Waals surface area contributed by atoms with Gasteiger partial charge in [-0.3, -0.25) is 0 Å². The molecular formula is C4H6CdClO4P. The Morgan fingerprint density at radius 3 is 2.45 bits per heavy atom. The summed E-state index contributed by atoms with van der Waals surface area (Å²) in [6.07, 6.45) is 2.65. The maximum Gasteiger partial charge on any atom is 2.00 e. The van der Waals surface area contributed by atoms with E-state index in [0.717, 1.165) is 6.26 Å². The fraction of sp³-hybridized carbons (Fsp3) is 0.500. The Bertz CT molecular complexity index is 156. The molecule has 0 heterocycles. The molecule has 0 aliphatic carbocycles. The Morgan fingerprint density at radius 1 is 1.55 bits per heavy atom. The first-order valence-corrected chi connectivity index (χ1v) is 4.47. The van der Waals surface area contributed by atoms with E-state index in [2.05, 4.69) is 4.52 Å². The minimum atomic E-state index is -4.84. The van der Waals surface area contributed by atoms with Gasteiger partial charge in [0.15, 0.2) is 0 Å². The van der Waals surface area contributed by atoms with Crippen molar-refractivity contribution in [3.05, 3.63) is 12.3 Å². The molecule has 0 aromatic rings. The third-order valence-electron chi connectivity index (χ3n) is 0.562. The van der Waals surface area contributed by atoms with Gasteiger partial charge in [-0.25, -0.2) is 0 Å². The second-order valence-electron chi connectivity index (χ2n) is 1.40. The summed E-state index contributed by atoms with van der Waals surface area (Å²) in [5.41, 5.74) is 0. The summed E-state index contributed by atoms with van der Waals surface area (Å²) in [5.74, 6) is 0.363. The van der Waals surface area contributed by atoms with Crippen molar-refractivity contribution in [1.29, 1.82) is 0 Å². The maximum atomic E-state index is 9.76. The molecule has 0 saturated heterocycles. The summed E-state index contributed by atoms with van der Waals surface area (Å²) >= 11 is 5.22. The number of phosphoric acid groups is 1. The van der Waals surface area contributed by atoms with E-state index in [1.165, 1.54) is 6.08 Å². The second kappa shape index (κ2) is 7.55. The van der Waals surface area contributed by atoms with Gasteiger partial charge in [0, 0.05) is 5.88 Å². The van der Waals surface area contributed by atoms with Crippen molar-refractivity contribution in [2.24, 2.45) is 0 Å². The predicted molar refractivity (Wildman–Crippen MR) is 33.2 cm³/mol. The first kappa shape index (κ1) is 14.4. The van der Waals surface area contributed by atoms with Crippen molar-refractivity contribution in [2.75, 3.05) is 5.88 Å². The second-order valence-corrected chi connectivity index (χ2v) is 2.89. The van der Waals surface area contributed by atoms with Crippen LogP contribution in [0.2, 0.25) is 0 Å². The summed E-state index contributed by atoms with van der Waals surface area (Å²) in [7, 11) is -4.84. The molecule has 60 valence electrons. The van der Waals surface area contributed by atoms with Crippen molar-refractivity contribution < 1.29 is 46.2 Å². The Balaban J connectivity index is 0. The molecule has 4 nitrogen and oxygen atoms in total. The largest absolute Gasteiger partial charge is 2.00 e. The zero-order valence-electron chi connectivity index (χ0n) is 5.73. The van der Waals surface area contributed by atoms with E-state index < -0.39 is 7.82 Å². The van der Waals surface area contributed by atoms with Crippen LogP contribution in [-0.2, 0) is 36.4 Å². The first-order valence-electron chi connectivity index (χ1n) is 2.47. The van der Waals surface area contributed by atoms with Crippen molar-refractivity contribution >= 4 is 19.4 Å². The van der Waals surface area contributed by atoms with Gasteiger partial charge >= 0.3 is 27.3 Å². The van der Waals surface area contributed by atoms with Crippen LogP contribution < -0.4 is 9.79 Å². The Labute approximate surface area is 90.0 Å². The van der Waals surface area contributed by atoms with Crippen LogP contribution in [0.3, 0.4) is 0 Å². The van der Waals surface area contributed by atoms with E-state index in [0.29, 0.717) is 12.3 Å². The van der Waals surface area contributed by atoms with E-state index in [9.17, 15) is 14.4 Å². The van der Waals surface area contributed by atoms with Crippen LogP contribution in [0.4, 0.5) is 0 Å². The molecule has 0 radical (unpaired) electrons. The van der Waals surface area contributed by atoms with E-state index in [-0.39, 0.29) is 27.3 Å². The number of hydrogen-bond acceptors (Lipinski definition) is 4. The van der Waals surface area contributed by atoms with Gasteiger partial charge in [-0.15, -0.1) is 11.6 Å². The topological polar surface area (TPSA) is 72.4 Å². The van der Waals surface area contributed by atoms with Crippen molar-refractivity contribution in [1.82, 2.24) is 0 Å². The van der Waals surface area contributed by atoms with Crippen LogP contribution in [0.15, 0.2) is 12.3 Å². The summed E-state index contributed by atoms with van der Waals surface area (Å²) in [5, 5.41) is 0. The molecule has 7 heteroatoms. The fourth-order valence-corrected chi connectivity index (χ4v) is 0.610.